The van der Waals surface area contributed by atoms with Gasteiger partial charge in [0.2, 0.25) is 0 Å². The van der Waals surface area contributed by atoms with Crippen LogP contribution in [-0.2, 0) is 19.6 Å². The van der Waals surface area contributed by atoms with Crippen molar-refractivity contribution in [2.75, 3.05) is 6.61 Å². The first kappa shape index (κ1) is 21.9. The number of carbonyl (C=O) groups is 1. The molecular weight excluding hydrogens is 294 g/mol. The summed E-state index contributed by atoms with van der Waals surface area (Å²) in [5.74, 6) is -0.525. The van der Waals surface area contributed by atoms with Crippen LogP contribution >= 0.6 is 0 Å². The Hall–Kier alpha value is -1.44. The molecule has 0 aromatic carbocycles. The van der Waals surface area contributed by atoms with Gasteiger partial charge < -0.3 is 15.4 Å². The smallest absolute Gasteiger partial charge is 0.330 e. The van der Waals surface area contributed by atoms with Crippen molar-refractivity contribution in [3.05, 3.63) is 34.3 Å². The zero-order valence-electron chi connectivity index (χ0n) is 13.4. The van der Waals surface area contributed by atoms with Crippen LogP contribution in [0.4, 0.5) is 0 Å². The lowest BCUT2D eigenvalue weighted by Gasteiger charge is -2.19. The molecule has 0 unspecified atom stereocenters. The van der Waals surface area contributed by atoms with Gasteiger partial charge in [0, 0.05) is 6.08 Å². The maximum Gasteiger partial charge on any atom is 0.330 e. The van der Waals surface area contributed by atoms with Gasteiger partial charge in [0.15, 0.2) is 0 Å². The van der Waals surface area contributed by atoms with Crippen molar-refractivity contribution in [1.82, 2.24) is 6.15 Å². The van der Waals surface area contributed by atoms with Gasteiger partial charge in [0.1, 0.15) is 10.1 Å². The van der Waals surface area contributed by atoms with Crippen molar-refractivity contribution >= 4 is 16.1 Å². The van der Waals surface area contributed by atoms with Crippen LogP contribution in [0.25, 0.3) is 0 Å². The maximum atomic E-state index is 11.4. The van der Waals surface area contributed by atoms with Gasteiger partial charge in [-0.2, -0.15) is 0 Å². The molecule has 4 N–H and O–H groups in total. The van der Waals surface area contributed by atoms with Gasteiger partial charge in [-0.3, -0.25) is 0 Å². The second-order valence-electron chi connectivity index (χ2n) is 4.74. The Labute approximate surface area is 126 Å². The van der Waals surface area contributed by atoms with Gasteiger partial charge in [-0.25, -0.2) is 13.2 Å². The topological polar surface area (TPSA) is 120 Å². The van der Waals surface area contributed by atoms with Crippen LogP contribution in [-0.4, -0.2) is 25.5 Å². The zero-order chi connectivity index (χ0) is 15.9. The van der Waals surface area contributed by atoms with Crippen LogP contribution in [0, 0.1) is 0 Å². The lowest BCUT2D eigenvalue weighted by molar-refractivity contribution is -0.137. The molecule has 0 aliphatic rings. The van der Waals surface area contributed by atoms with Gasteiger partial charge in [-0.1, -0.05) is 17.7 Å². The number of ether oxygens (including phenoxy) is 1. The fourth-order valence-corrected chi connectivity index (χ4v) is 2.88. The van der Waals surface area contributed by atoms with Crippen LogP contribution in [0.3, 0.4) is 0 Å². The van der Waals surface area contributed by atoms with Crippen molar-refractivity contribution in [2.45, 2.75) is 40.5 Å². The van der Waals surface area contributed by atoms with Gasteiger partial charge in [0.25, 0.3) is 0 Å². The Morgan fingerprint density at radius 3 is 2.05 bits per heavy atom. The molecule has 0 spiro atoms. The highest BCUT2D eigenvalue weighted by molar-refractivity contribution is 7.90. The molecule has 0 bridgehead atoms. The van der Waals surface area contributed by atoms with E-state index in [0.29, 0.717) is 24.0 Å². The van der Waals surface area contributed by atoms with Crippen molar-refractivity contribution in [3.63, 3.8) is 0 Å². The highest BCUT2D eigenvalue weighted by Gasteiger charge is 2.15. The molecule has 0 aromatic heterocycles. The molecule has 0 fully saturated rings. The summed E-state index contributed by atoms with van der Waals surface area (Å²) in [6, 6.07) is 0. The fraction of sp³-hybridized carbons (Fsp3) is 0.500. The number of esters is 1. The molecule has 0 radical (unpaired) electrons. The van der Waals surface area contributed by atoms with E-state index >= 15 is 0 Å². The largest absolute Gasteiger partial charge is 0.744 e. The average Bonchev–Trinajstić information content (AvgIpc) is 2.29. The van der Waals surface area contributed by atoms with E-state index in [9.17, 15) is 17.8 Å². The molecule has 0 rings (SSSR count). The summed E-state index contributed by atoms with van der Waals surface area (Å²) in [6.45, 7) is 10.1. The molecule has 0 saturated carbocycles. The number of hydrogen-bond acceptors (Lipinski definition) is 5. The van der Waals surface area contributed by atoms with Crippen LogP contribution in [0.1, 0.15) is 40.5 Å². The number of rotatable bonds is 7. The minimum absolute atomic E-state index is 0. The standard InChI is InChI=1S/C14H22O5S.H3N/c1-6-13(15)19-9-7-8-12(10(2)3)14(11(4)5)20(16,17)18;/h6H,1,7-9H2,2-5H3,(H,16,17,18);1H3. The first-order valence-electron chi connectivity index (χ1n) is 6.20. The highest BCUT2D eigenvalue weighted by Crippen LogP contribution is 2.27. The minimum Gasteiger partial charge on any atom is -0.744 e. The third-order valence-corrected chi connectivity index (χ3v) is 3.72. The third kappa shape index (κ3) is 7.79. The molecule has 0 saturated heterocycles. The Morgan fingerprint density at radius 2 is 1.71 bits per heavy atom. The van der Waals surface area contributed by atoms with Gasteiger partial charge in [-0.15, -0.1) is 0 Å². The van der Waals surface area contributed by atoms with Gasteiger partial charge >= 0.3 is 5.97 Å². The fourth-order valence-electron chi connectivity index (χ4n) is 1.77. The van der Waals surface area contributed by atoms with E-state index in [2.05, 4.69) is 6.58 Å². The molecule has 0 aliphatic heterocycles. The second-order valence-corrected chi connectivity index (χ2v) is 6.05. The van der Waals surface area contributed by atoms with Crippen LogP contribution in [0.15, 0.2) is 34.3 Å². The van der Waals surface area contributed by atoms with E-state index < -0.39 is 16.1 Å². The molecule has 6 nitrogen and oxygen atoms in total. The molecule has 0 atom stereocenters. The minimum atomic E-state index is -4.52. The molecule has 0 aromatic rings. The predicted molar refractivity (Wildman–Crippen MR) is 82.8 cm³/mol. The Morgan fingerprint density at radius 1 is 1.19 bits per heavy atom. The lowest BCUT2D eigenvalue weighted by Crippen LogP contribution is -2.10. The normalized spacial score (nSPS) is 10.1. The summed E-state index contributed by atoms with van der Waals surface area (Å²) in [6.07, 6.45) is 1.85. The average molecular weight is 319 g/mol. The molecule has 122 valence electrons. The molecule has 21 heavy (non-hydrogen) atoms. The SMILES string of the molecule is C=CC(=O)OCCCC(=C(C)C)C(=C(C)C)S(=O)(=O)[O-].[NH4+]. The van der Waals surface area contributed by atoms with E-state index in [1.54, 1.807) is 27.7 Å². The quantitative estimate of drug-likeness (QED) is 0.254. The third-order valence-electron chi connectivity index (χ3n) is 2.56. The summed E-state index contributed by atoms with van der Waals surface area (Å²) in [7, 11) is -4.52. The summed E-state index contributed by atoms with van der Waals surface area (Å²) in [5.41, 5.74) is 1.71. The number of allylic oxidation sites excluding steroid dienone is 3. The van der Waals surface area contributed by atoms with Gasteiger partial charge in [0.05, 0.1) is 11.5 Å². The second kappa shape index (κ2) is 9.49. The maximum absolute atomic E-state index is 11.4. The zero-order valence-corrected chi connectivity index (χ0v) is 14.2. The van der Waals surface area contributed by atoms with E-state index in [4.69, 9.17) is 4.74 Å². The van der Waals surface area contributed by atoms with E-state index in [1.165, 1.54) is 0 Å². The molecule has 0 aliphatic carbocycles. The van der Waals surface area contributed by atoms with E-state index in [1.807, 2.05) is 0 Å². The Bertz CT molecular complexity index is 536. The summed E-state index contributed by atoms with van der Waals surface area (Å²) >= 11 is 0. The Kier molecular flexibility index (Phi) is 9.87. The van der Waals surface area contributed by atoms with Crippen molar-refractivity contribution in [1.29, 1.82) is 0 Å². The monoisotopic (exact) mass is 319 g/mol. The van der Waals surface area contributed by atoms with E-state index in [-0.39, 0.29) is 17.7 Å². The van der Waals surface area contributed by atoms with Gasteiger partial charge in [-0.05, 0) is 46.1 Å². The summed E-state index contributed by atoms with van der Waals surface area (Å²) in [4.78, 5) is 10.7. The summed E-state index contributed by atoms with van der Waals surface area (Å²) < 4.78 is 38.9. The molecular formula is C14H25NO5S. The molecule has 0 amide bonds. The number of hydrogen-bond donors (Lipinski definition) is 1. The molecule has 7 heteroatoms. The predicted octanol–water partition coefficient (Wildman–Crippen LogP) is 3.05. The summed E-state index contributed by atoms with van der Waals surface area (Å²) in [5, 5.41) is 0. The Balaban J connectivity index is 0. The van der Waals surface area contributed by atoms with Crippen molar-refractivity contribution in [2.24, 2.45) is 0 Å². The number of quaternary nitrogens is 1. The van der Waals surface area contributed by atoms with Crippen molar-refractivity contribution < 1.29 is 22.5 Å². The lowest BCUT2D eigenvalue weighted by atomic mass is 10.0. The molecule has 0 heterocycles. The van der Waals surface area contributed by atoms with Crippen LogP contribution in [0.2, 0.25) is 0 Å². The number of carbonyl (C=O) groups excluding carboxylic acids is 1. The van der Waals surface area contributed by atoms with Crippen LogP contribution in [0.5, 0.6) is 0 Å². The first-order chi connectivity index (χ1) is 9.11. The first-order valence-corrected chi connectivity index (χ1v) is 7.61. The highest BCUT2D eigenvalue weighted by atomic mass is 32.2. The van der Waals surface area contributed by atoms with E-state index in [0.717, 1.165) is 11.6 Å². The van der Waals surface area contributed by atoms with Crippen LogP contribution < -0.4 is 6.15 Å². The van der Waals surface area contributed by atoms with Crippen molar-refractivity contribution in [3.8, 4) is 0 Å².